The van der Waals surface area contributed by atoms with Crippen molar-refractivity contribution in [1.29, 1.82) is 0 Å². The predicted octanol–water partition coefficient (Wildman–Crippen LogP) is 4.31. The van der Waals surface area contributed by atoms with Crippen LogP contribution in [0.15, 0.2) is 46.9 Å². The van der Waals surface area contributed by atoms with Crippen LogP contribution in [0.4, 0.5) is 10.1 Å². The first-order chi connectivity index (χ1) is 12.0. The predicted molar refractivity (Wildman–Crippen MR) is 91.3 cm³/mol. The molecule has 1 aromatic heterocycles. The lowest BCUT2D eigenvalue weighted by Crippen LogP contribution is -2.12. The lowest BCUT2D eigenvalue weighted by Gasteiger charge is -2.05. The molecule has 0 aliphatic heterocycles. The third-order valence-corrected chi connectivity index (χ3v) is 3.76. The smallest absolute Gasteiger partial charge is 0.338 e. The van der Waals surface area contributed by atoms with Gasteiger partial charge in [0.15, 0.2) is 5.76 Å². The van der Waals surface area contributed by atoms with Crippen molar-refractivity contribution in [1.82, 2.24) is 0 Å². The number of halogens is 1. The average Bonchev–Trinajstić information content (AvgIpc) is 2.92. The number of ether oxygens (including phenoxy) is 1. The van der Waals surface area contributed by atoms with Crippen LogP contribution in [0.5, 0.6) is 0 Å². The number of amides is 1. The van der Waals surface area contributed by atoms with Gasteiger partial charge in [-0.15, -0.1) is 0 Å². The van der Waals surface area contributed by atoms with Gasteiger partial charge in [0.1, 0.15) is 11.4 Å². The van der Waals surface area contributed by atoms with E-state index in [-0.39, 0.29) is 5.76 Å². The topological polar surface area (TPSA) is 68.5 Å². The molecule has 2 aromatic carbocycles. The summed E-state index contributed by atoms with van der Waals surface area (Å²) in [4.78, 5) is 24.0. The third kappa shape index (κ3) is 3.38. The molecule has 1 amide bonds. The fraction of sp³-hybridized carbons (Fsp3) is 0.158. The first-order valence-corrected chi connectivity index (χ1v) is 7.76. The number of esters is 1. The SMILES string of the molecule is CCOC(=O)c1ccc(NC(=O)c2oc3ccc(F)cc3c2C)cc1. The summed E-state index contributed by atoms with van der Waals surface area (Å²) in [6, 6.07) is 10.4. The van der Waals surface area contributed by atoms with Crippen molar-refractivity contribution in [3.05, 3.63) is 65.2 Å². The minimum atomic E-state index is -0.446. The number of hydrogen-bond acceptors (Lipinski definition) is 4. The van der Waals surface area contributed by atoms with Crippen LogP contribution in [0.2, 0.25) is 0 Å². The van der Waals surface area contributed by atoms with Crippen LogP contribution in [0.1, 0.15) is 33.4 Å². The van der Waals surface area contributed by atoms with E-state index in [1.54, 1.807) is 38.1 Å². The largest absolute Gasteiger partial charge is 0.462 e. The van der Waals surface area contributed by atoms with Crippen LogP contribution < -0.4 is 5.32 Å². The Balaban J connectivity index is 1.80. The number of rotatable bonds is 4. The highest BCUT2D eigenvalue weighted by molar-refractivity contribution is 6.06. The van der Waals surface area contributed by atoms with Gasteiger partial charge in [0.05, 0.1) is 12.2 Å². The van der Waals surface area contributed by atoms with Gasteiger partial charge in [-0.25, -0.2) is 9.18 Å². The fourth-order valence-electron chi connectivity index (χ4n) is 2.50. The molecule has 0 spiro atoms. The van der Waals surface area contributed by atoms with Gasteiger partial charge < -0.3 is 14.5 Å². The van der Waals surface area contributed by atoms with E-state index < -0.39 is 17.7 Å². The number of carbonyl (C=O) groups excluding carboxylic acids is 2. The zero-order valence-electron chi connectivity index (χ0n) is 13.8. The van der Waals surface area contributed by atoms with Crippen molar-refractivity contribution in [2.75, 3.05) is 11.9 Å². The van der Waals surface area contributed by atoms with E-state index in [9.17, 15) is 14.0 Å². The van der Waals surface area contributed by atoms with Crippen molar-refractivity contribution in [2.24, 2.45) is 0 Å². The Bertz CT molecular complexity index is 944. The number of anilines is 1. The van der Waals surface area contributed by atoms with E-state index in [0.717, 1.165) is 0 Å². The van der Waals surface area contributed by atoms with Crippen LogP contribution in [-0.2, 0) is 4.74 Å². The molecular weight excluding hydrogens is 325 g/mol. The maximum absolute atomic E-state index is 13.4. The minimum Gasteiger partial charge on any atom is -0.462 e. The number of hydrogen-bond donors (Lipinski definition) is 1. The molecule has 6 heteroatoms. The van der Waals surface area contributed by atoms with Crippen LogP contribution in [0, 0.1) is 12.7 Å². The molecule has 0 saturated carbocycles. The van der Waals surface area contributed by atoms with Gasteiger partial charge in [0.25, 0.3) is 5.91 Å². The lowest BCUT2D eigenvalue weighted by molar-refractivity contribution is 0.0526. The van der Waals surface area contributed by atoms with Gasteiger partial charge in [-0.3, -0.25) is 4.79 Å². The summed E-state index contributed by atoms with van der Waals surface area (Å²) >= 11 is 0. The van der Waals surface area contributed by atoms with Crippen LogP contribution in [0.3, 0.4) is 0 Å². The molecule has 5 nitrogen and oxygen atoms in total. The lowest BCUT2D eigenvalue weighted by atomic mass is 10.1. The molecule has 1 N–H and O–H groups in total. The molecule has 25 heavy (non-hydrogen) atoms. The Labute approximate surface area is 143 Å². The first-order valence-electron chi connectivity index (χ1n) is 7.76. The monoisotopic (exact) mass is 341 g/mol. The van der Waals surface area contributed by atoms with Gasteiger partial charge in [-0.1, -0.05) is 0 Å². The summed E-state index contributed by atoms with van der Waals surface area (Å²) in [5.74, 6) is -1.14. The van der Waals surface area contributed by atoms with Gasteiger partial charge >= 0.3 is 5.97 Å². The van der Waals surface area contributed by atoms with Gasteiger partial charge in [-0.05, 0) is 56.3 Å². The molecule has 0 unspecified atom stereocenters. The number of nitrogens with one attached hydrogen (secondary N) is 1. The second-order valence-electron chi connectivity index (χ2n) is 5.45. The summed E-state index contributed by atoms with van der Waals surface area (Å²) in [6.45, 7) is 3.72. The standard InChI is InChI=1S/C19H16FNO4/c1-3-24-19(23)12-4-7-14(8-5-12)21-18(22)17-11(2)15-10-13(20)6-9-16(15)25-17/h4-10H,3H2,1-2H3,(H,21,22). The van der Waals surface area contributed by atoms with Crippen molar-refractivity contribution in [2.45, 2.75) is 13.8 Å². The normalized spacial score (nSPS) is 10.7. The Morgan fingerprint density at radius 2 is 1.88 bits per heavy atom. The fourth-order valence-corrected chi connectivity index (χ4v) is 2.50. The molecule has 0 radical (unpaired) electrons. The van der Waals surface area contributed by atoms with Crippen molar-refractivity contribution in [3.8, 4) is 0 Å². The first kappa shape index (κ1) is 16.7. The van der Waals surface area contributed by atoms with Crippen LogP contribution in [-0.4, -0.2) is 18.5 Å². The number of carbonyl (C=O) groups is 2. The highest BCUT2D eigenvalue weighted by Crippen LogP contribution is 2.26. The van der Waals surface area contributed by atoms with E-state index in [2.05, 4.69) is 5.32 Å². The molecule has 0 aliphatic rings. The second-order valence-corrected chi connectivity index (χ2v) is 5.45. The highest BCUT2D eigenvalue weighted by Gasteiger charge is 2.18. The Hall–Kier alpha value is -3.15. The summed E-state index contributed by atoms with van der Waals surface area (Å²) in [7, 11) is 0. The van der Waals surface area contributed by atoms with Gasteiger partial charge in [0.2, 0.25) is 0 Å². The second kappa shape index (κ2) is 6.76. The molecule has 0 atom stereocenters. The van der Waals surface area contributed by atoms with Crippen LogP contribution in [0.25, 0.3) is 11.0 Å². The molecule has 0 aliphatic carbocycles. The summed E-state index contributed by atoms with van der Waals surface area (Å²) in [5.41, 5.74) is 1.91. The number of aryl methyl sites for hydroxylation is 1. The van der Waals surface area contributed by atoms with E-state index in [1.807, 2.05) is 0 Å². The number of fused-ring (bicyclic) bond motifs is 1. The molecule has 0 fully saturated rings. The van der Waals surface area contributed by atoms with E-state index in [1.165, 1.54) is 18.2 Å². The maximum atomic E-state index is 13.4. The summed E-state index contributed by atoms with van der Waals surface area (Å²) in [6.07, 6.45) is 0. The molecule has 128 valence electrons. The molecule has 3 aromatic rings. The Morgan fingerprint density at radius 3 is 2.56 bits per heavy atom. The molecule has 1 heterocycles. The van der Waals surface area contributed by atoms with Crippen LogP contribution >= 0.6 is 0 Å². The minimum absolute atomic E-state index is 0.120. The highest BCUT2D eigenvalue weighted by atomic mass is 19.1. The Kier molecular flexibility index (Phi) is 4.52. The van der Waals surface area contributed by atoms with Gasteiger partial charge in [-0.2, -0.15) is 0 Å². The molecule has 0 saturated heterocycles. The zero-order chi connectivity index (χ0) is 18.0. The number of benzene rings is 2. The van der Waals surface area contributed by atoms with Crippen molar-refractivity contribution in [3.63, 3.8) is 0 Å². The van der Waals surface area contributed by atoms with E-state index >= 15 is 0 Å². The van der Waals surface area contributed by atoms with Crippen molar-refractivity contribution < 1.29 is 23.1 Å². The molecule has 0 bridgehead atoms. The van der Waals surface area contributed by atoms with Crippen molar-refractivity contribution >= 4 is 28.5 Å². The van der Waals surface area contributed by atoms with E-state index in [0.29, 0.717) is 34.4 Å². The molecular formula is C19H16FNO4. The Morgan fingerprint density at radius 1 is 1.16 bits per heavy atom. The quantitative estimate of drug-likeness (QED) is 0.718. The zero-order valence-corrected chi connectivity index (χ0v) is 13.8. The van der Waals surface area contributed by atoms with E-state index in [4.69, 9.17) is 9.15 Å². The molecule has 3 rings (SSSR count). The number of furan rings is 1. The average molecular weight is 341 g/mol. The summed E-state index contributed by atoms with van der Waals surface area (Å²) in [5, 5.41) is 3.25. The maximum Gasteiger partial charge on any atom is 0.338 e. The summed E-state index contributed by atoms with van der Waals surface area (Å²) < 4.78 is 23.8. The third-order valence-electron chi connectivity index (χ3n) is 3.76. The van der Waals surface area contributed by atoms with Gasteiger partial charge in [0, 0.05) is 16.6 Å².